The number of hydrogen-bond acceptors (Lipinski definition) is 3. The van der Waals surface area contributed by atoms with Gasteiger partial charge in [0, 0.05) is 30.7 Å². The van der Waals surface area contributed by atoms with Crippen molar-refractivity contribution in [1.29, 1.82) is 0 Å². The van der Waals surface area contributed by atoms with Crippen LogP contribution in [0, 0.1) is 0 Å². The van der Waals surface area contributed by atoms with E-state index in [0.717, 1.165) is 22.9 Å². The molecule has 0 saturated heterocycles. The Morgan fingerprint density at radius 3 is 2.67 bits per heavy atom. The molecule has 0 aliphatic rings. The van der Waals surface area contributed by atoms with E-state index in [0.29, 0.717) is 12.1 Å². The number of nitrogens with one attached hydrogen (secondary N) is 1. The van der Waals surface area contributed by atoms with Crippen LogP contribution < -0.4 is 5.32 Å². The van der Waals surface area contributed by atoms with Crippen LogP contribution >= 0.6 is 0 Å². The van der Waals surface area contributed by atoms with Crippen molar-refractivity contribution in [3.8, 4) is 0 Å². The molecule has 27 heavy (non-hydrogen) atoms. The maximum absolute atomic E-state index is 13.1. The Kier molecular flexibility index (Phi) is 4.70. The fraction of sp³-hybridized carbons (Fsp3) is 0.190. The van der Waals surface area contributed by atoms with Gasteiger partial charge >= 0.3 is 0 Å². The normalized spacial score (nSPS) is 12.2. The van der Waals surface area contributed by atoms with E-state index < -0.39 is 0 Å². The Balaban J connectivity index is 1.59. The van der Waals surface area contributed by atoms with Crippen LogP contribution in [0.4, 0.5) is 0 Å². The summed E-state index contributed by atoms with van der Waals surface area (Å²) in [5.41, 5.74) is 2.81. The molecular formula is C21H21N5O. The monoisotopic (exact) mass is 359 g/mol. The van der Waals surface area contributed by atoms with E-state index >= 15 is 0 Å². The first-order valence-electron chi connectivity index (χ1n) is 8.94. The topological polar surface area (TPSA) is 64.7 Å². The molecule has 0 bridgehead atoms. The quantitative estimate of drug-likeness (QED) is 0.574. The van der Waals surface area contributed by atoms with Crippen LogP contribution in [-0.2, 0) is 13.6 Å². The summed E-state index contributed by atoms with van der Waals surface area (Å²) >= 11 is 0. The molecule has 0 radical (unpaired) electrons. The molecule has 0 unspecified atom stereocenters. The highest BCUT2D eigenvalue weighted by molar-refractivity contribution is 6.07. The molecule has 2 aromatic heterocycles. The van der Waals surface area contributed by atoms with Crippen molar-refractivity contribution in [3.63, 3.8) is 0 Å². The van der Waals surface area contributed by atoms with Crippen molar-refractivity contribution in [2.75, 3.05) is 0 Å². The number of carbonyl (C=O) groups excluding carboxylic acids is 1. The van der Waals surface area contributed by atoms with Gasteiger partial charge in [0.1, 0.15) is 12.7 Å². The molecule has 6 heteroatoms. The fourth-order valence-corrected chi connectivity index (χ4v) is 3.38. The number of aromatic nitrogens is 4. The number of para-hydroxylation sites is 1. The third-order valence-corrected chi connectivity index (χ3v) is 4.76. The standard InChI is InChI=1S/C21H21N5O/c1-25-13-18(17-9-5-6-10-20(17)25)21(27)24-19(16-7-3-2-4-8-16)11-12-26-15-22-14-23-26/h2-10,13-15,19H,11-12H2,1H3,(H,24,27)/t19-/m0/s1. The Bertz CT molecular complexity index is 1040. The molecule has 2 aromatic carbocycles. The number of amides is 1. The van der Waals surface area contributed by atoms with Gasteiger partial charge in [0.25, 0.3) is 5.91 Å². The van der Waals surface area contributed by atoms with Crippen LogP contribution in [0.1, 0.15) is 28.4 Å². The predicted molar refractivity (Wildman–Crippen MR) is 104 cm³/mol. The minimum atomic E-state index is -0.109. The number of aryl methyl sites for hydroxylation is 2. The van der Waals surface area contributed by atoms with Gasteiger partial charge in [-0.15, -0.1) is 0 Å². The molecule has 6 nitrogen and oxygen atoms in total. The molecule has 0 spiro atoms. The number of nitrogens with zero attached hydrogens (tertiary/aromatic N) is 4. The zero-order chi connectivity index (χ0) is 18.6. The van der Waals surface area contributed by atoms with E-state index in [1.807, 2.05) is 72.4 Å². The molecule has 0 fully saturated rings. The lowest BCUT2D eigenvalue weighted by atomic mass is 10.0. The molecule has 0 aliphatic heterocycles. The first-order chi connectivity index (χ1) is 13.2. The van der Waals surface area contributed by atoms with Gasteiger partial charge in [-0.25, -0.2) is 4.98 Å². The third-order valence-electron chi connectivity index (χ3n) is 4.76. The lowest BCUT2D eigenvalue weighted by molar-refractivity contribution is 0.0935. The summed E-state index contributed by atoms with van der Waals surface area (Å²) in [6, 6.07) is 17.9. The predicted octanol–water partition coefficient (Wildman–Crippen LogP) is 3.33. The molecule has 0 aliphatic carbocycles. The number of carbonyl (C=O) groups is 1. The number of hydrogen-bond donors (Lipinski definition) is 1. The number of benzene rings is 2. The third kappa shape index (κ3) is 3.60. The average molecular weight is 359 g/mol. The molecule has 4 aromatic rings. The van der Waals surface area contributed by atoms with Crippen molar-refractivity contribution in [2.45, 2.75) is 19.0 Å². The van der Waals surface area contributed by atoms with E-state index in [1.165, 1.54) is 6.33 Å². The van der Waals surface area contributed by atoms with Gasteiger partial charge in [0.2, 0.25) is 0 Å². The SMILES string of the molecule is Cn1cc(C(=O)N[C@@H](CCn2cncn2)c2ccccc2)c2ccccc21. The van der Waals surface area contributed by atoms with Crippen LogP contribution in [0.2, 0.25) is 0 Å². The molecular weight excluding hydrogens is 338 g/mol. The molecule has 4 rings (SSSR count). The minimum Gasteiger partial charge on any atom is -0.350 e. The van der Waals surface area contributed by atoms with Gasteiger partial charge in [-0.3, -0.25) is 9.48 Å². The van der Waals surface area contributed by atoms with Gasteiger partial charge in [0.05, 0.1) is 11.6 Å². The molecule has 2 heterocycles. The Morgan fingerprint density at radius 2 is 1.89 bits per heavy atom. The van der Waals surface area contributed by atoms with E-state index in [2.05, 4.69) is 15.4 Å². The van der Waals surface area contributed by atoms with Crippen molar-refractivity contribution >= 4 is 16.8 Å². The molecule has 1 atom stereocenters. The van der Waals surface area contributed by atoms with Crippen LogP contribution in [-0.4, -0.2) is 25.2 Å². The molecule has 0 saturated carbocycles. The lowest BCUT2D eigenvalue weighted by Crippen LogP contribution is -2.29. The highest BCUT2D eigenvalue weighted by Crippen LogP contribution is 2.23. The van der Waals surface area contributed by atoms with Gasteiger partial charge < -0.3 is 9.88 Å². The highest BCUT2D eigenvalue weighted by Gasteiger charge is 2.19. The van der Waals surface area contributed by atoms with Crippen molar-refractivity contribution in [1.82, 2.24) is 24.6 Å². The van der Waals surface area contributed by atoms with Gasteiger partial charge in [-0.05, 0) is 18.1 Å². The second-order valence-corrected chi connectivity index (χ2v) is 6.55. The smallest absolute Gasteiger partial charge is 0.253 e. The summed E-state index contributed by atoms with van der Waals surface area (Å²) in [6.45, 7) is 0.676. The first-order valence-corrected chi connectivity index (χ1v) is 8.94. The van der Waals surface area contributed by atoms with Crippen molar-refractivity contribution in [3.05, 3.63) is 84.6 Å². The summed E-state index contributed by atoms with van der Waals surface area (Å²) < 4.78 is 3.76. The van der Waals surface area contributed by atoms with E-state index in [9.17, 15) is 4.79 Å². The number of rotatable bonds is 6. The van der Waals surface area contributed by atoms with Crippen molar-refractivity contribution in [2.24, 2.45) is 7.05 Å². The van der Waals surface area contributed by atoms with Gasteiger partial charge in [-0.1, -0.05) is 48.5 Å². The highest BCUT2D eigenvalue weighted by atomic mass is 16.1. The van der Waals surface area contributed by atoms with Crippen LogP contribution in [0.25, 0.3) is 10.9 Å². The molecule has 1 N–H and O–H groups in total. The Labute approximate surface area is 157 Å². The minimum absolute atomic E-state index is 0.0701. The average Bonchev–Trinajstić information content (AvgIpc) is 3.34. The summed E-state index contributed by atoms with van der Waals surface area (Å²) in [7, 11) is 1.96. The van der Waals surface area contributed by atoms with Gasteiger partial charge in [0.15, 0.2) is 0 Å². The molecule has 1 amide bonds. The lowest BCUT2D eigenvalue weighted by Gasteiger charge is -2.19. The molecule has 136 valence electrons. The second-order valence-electron chi connectivity index (χ2n) is 6.55. The summed E-state index contributed by atoms with van der Waals surface area (Å²) in [4.78, 5) is 17.0. The Hall–Kier alpha value is -3.41. The summed E-state index contributed by atoms with van der Waals surface area (Å²) in [6.07, 6.45) is 5.82. The first kappa shape index (κ1) is 17.0. The summed E-state index contributed by atoms with van der Waals surface area (Å²) in [5.74, 6) is -0.0701. The Morgan fingerprint density at radius 1 is 1.11 bits per heavy atom. The zero-order valence-corrected chi connectivity index (χ0v) is 15.1. The zero-order valence-electron chi connectivity index (χ0n) is 15.1. The van der Waals surface area contributed by atoms with Crippen LogP contribution in [0.15, 0.2) is 73.4 Å². The number of fused-ring (bicyclic) bond motifs is 1. The fourth-order valence-electron chi connectivity index (χ4n) is 3.38. The van der Waals surface area contributed by atoms with Crippen LogP contribution in [0.5, 0.6) is 0 Å². The van der Waals surface area contributed by atoms with Crippen LogP contribution in [0.3, 0.4) is 0 Å². The van der Waals surface area contributed by atoms with Gasteiger partial charge in [-0.2, -0.15) is 5.10 Å². The van der Waals surface area contributed by atoms with E-state index in [-0.39, 0.29) is 11.9 Å². The van der Waals surface area contributed by atoms with E-state index in [4.69, 9.17) is 0 Å². The van der Waals surface area contributed by atoms with E-state index in [1.54, 1.807) is 11.0 Å². The maximum Gasteiger partial charge on any atom is 0.253 e. The second kappa shape index (κ2) is 7.45. The summed E-state index contributed by atoms with van der Waals surface area (Å²) in [5, 5.41) is 8.32. The van der Waals surface area contributed by atoms with Crippen molar-refractivity contribution < 1.29 is 4.79 Å². The maximum atomic E-state index is 13.1. The largest absolute Gasteiger partial charge is 0.350 e.